The first-order chi connectivity index (χ1) is 18.6. The van der Waals surface area contributed by atoms with Crippen molar-refractivity contribution in [3.63, 3.8) is 0 Å². The molecule has 0 aromatic carbocycles. The lowest BCUT2D eigenvalue weighted by atomic mass is 9.52. The smallest absolute Gasteiger partial charge is 0.333 e. The molecule has 3 heterocycles. The van der Waals surface area contributed by atoms with Crippen molar-refractivity contribution in [1.82, 2.24) is 0 Å². The van der Waals surface area contributed by atoms with E-state index in [1.807, 2.05) is 6.92 Å². The summed E-state index contributed by atoms with van der Waals surface area (Å²) in [6.45, 7) is 9.23. The molecule has 8 unspecified atom stereocenters. The van der Waals surface area contributed by atoms with Gasteiger partial charge >= 0.3 is 5.97 Å². The van der Waals surface area contributed by atoms with Gasteiger partial charge in [0.2, 0.25) is 5.79 Å². The molecule has 2 spiro atoms. The zero-order chi connectivity index (χ0) is 27.3. The molecule has 4 bridgehead atoms. The van der Waals surface area contributed by atoms with Gasteiger partial charge in [-0.15, -0.1) is 0 Å². The second-order valence-corrected chi connectivity index (χ2v) is 13.2. The van der Waals surface area contributed by atoms with Crippen LogP contribution in [-0.4, -0.2) is 66.4 Å². The number of fused-ring (bicyclic) bond motifs is 3. The molecule has 0 aromatic heterocycles. The van der Waals surface area contributed by atoms with Gasteiger partial charge in [-0.25, -0.2) is 4.79 Å². The Balaban J connectivity index is 1.20. The highest BCUT2D eigenvalue weighted by atomic mass is 16.9. The highest BCUT2D eigenvalue weighted by Gasteiger charge is 2.74. The number of carbonyl (C=O) groups excluding carboxylic acids is 3. The van der Waals surface area contributed by atoms with E-state index in [9.17, 15) is 14.4 Å². The number of Topliss-reactive ketones (excluding diaryl/α,β-unsaturated/α-hetero) is 2. The van der Waals surface area contributed by atoms with Crippen LogP contribution in [0, 0.1) is 35.5 Å². The van der Waals surface area contributed by atoms with Gasteiger partial charge in [0, 0.05) is 29.7 Å². The predicted molar refractivity (Wildman–Crippen MR) is 135 cm³/mol. The molecular formula is C30H40O9. The molecule has 0 aromatic rings. The predicted octanol–water partition coefficient (Wildman–Crippen LogP) is 3.47. The van der Waals surface area contributed by atoms with Crippen LogP contribution in [0.1, 0.15) is 72.1 Å². The van der Waals surface area contributed by atoms with Crippen LogP contribution in [0.15, 0.2) is 12.2 Å². The zero-order valence-corrected chi connectivity index (χ0v) is 23.1. The lowest BCUT2D eigenvalue weighted by Gasteiger charge is -2.61. The standard InChI is InChI=1S/C30H40O9/c1-5-6-18-7-8-28(16(4)23(18)31)38-26-25-22(36-29(26,39-28)14-34-27(33)15(2)3)13-35-30(37-25)20-10-17-9-19(12-20)24(32)21(30)11-17/h16-22,25-26H,2,5-14H2,1,3-4H3/t16?,17?,18?,19?,20?,21?,22-,25-,26+,28?,29-,30?/m1/s1. The first-order valence-corrected chi connectivity index (χ1v) is 14.9. The van der Waals surface area contributed by atoms with Gasteiger partial charge in [-0.2, -0.15) is 0 Å². The van der Waals surface area contributed by atoms with Gasteiger partial charge in [0.25, 0.3) is 0 Å². The molecule has 5 aliphatic carbocycles. The van der Waals surface area contributed by atoms with Crippen LogP contribution < -0.4 is 0 Å². The molecule has 0 N–H and O–H groups in total. The van der Waals surface area contributed by atoms with Gasteiger partial charge in [0.1, 0.15) is 36.5 Å². The van der Waals surface area contributed by atoms with Crippen molar-refractivity contribution in [2.75, 3.05) is 13.2 Å². The summed E-state index contributed by atoms with van der Waals surface area (Å²) in [5.41, 5.74) is 0.265. The second-order valence-electron chi connectivity index (χ2n) is 13.2. The monoisotopic (exact) mass is 544 g/mol. The molecule has 214 valence electrons. The maximum Gasteiger partial charge on any atom is 0.333 e. The van der Waals surface area contributed by atoms with Crippen molar-refractivity contribution in [3.05, 3.63) is 12.2 Å². The first kappa shape index (κ1) is 26.3. The molecule has 3 aliphatic heterocycles. The minimum Gasteiger partial charge on any atom is -0.456 e. The number of ketones is 2. The summed E-state index contributed by atoms with van der Waals surface area (Å²) in [6, 6.07) is 0. The minimum absolute atomic E-state index is 0.0178. The van der Waals surface area contributed by atoms with E-state index >= 15 is 0 Å². The van der Waals surface area contributed by atoms with E-state index in [0.717, 1.165) is 38.5 Å². The lowest BCUT2D eigenvalue weighted by molar-refractivity contribution is -0.390. The lowest BCUT2D eigenvalue weighted by Crippen LogP contribution is -2.69. The average Bonchev–Trinajstić information content (AvgIpc) is 3.38. The van der Waals surface area contributed by atoms with E-state index in [4.69, 9.17) is 28.4 Å². The van der Waals surface area contributed by atoms with Crippen molar-refractivity contribution in [3.8, 4) is 0 Å². The van der Waals surface area contributed by atoms with Crippen LogP contribution in [0.2, 0.25) is 0 Å². The normalized spacial score (nSPS) is 51.4. The van der Waals surface area contributed by atoms with E-state index in [2.05, 4.69) is 13.5 Å². The van der Waals surface area contributed by atoms with Gasteiger partial charge in [-0.3, -0.25) is 9.59 Å². The van der Waals surface area contributed by atoms with Crippen LogP contribution in [0.5, 0.6) is 0 Å². The summed E-state index contributed by atoms with van der Waals surface area (Å²) in [5.74, 6) is -3.80. The number of hydrogen-bond acceptors (Lipinski definition) is 9. The Kier molecular flexibility index (Phi) is 6.01. The molecule has 5 saturated carbocycles. The van der Waals surface area contributed by atoms with Gasteiger partial charge in [0.05, 0.1) is 18.4 Å². The molecule has 0 amide bonds. The van der Waals surface area contributed by atoms with Gasteiger partial charge in [-0.1, -0.05) is 26.8 Å². The number of ether oxygens (including phenoxy) is 6. The second kappa shape index (κ2) is 8.92. The Morgan fingerprint density at radius 1 is 1.10 bits per heavy atom. The Morgan fingerprint density at radius 3 is 2.69 bits per heavy atom. The fourth-order valence-corrected chi connectivity index (χ4v) is 8.97. The maximum atomic E-state index is 13.4. The van der Waals surface area contributed by atoms with Crippen LogP contribution in [0.4, 0.5) is 0 Å². The molecule has 3 saturated heterocycles. The van der Waals surface area contributed by atoms with E-state index in [1.165, 1.54) is 0 Å². The van der Waals surface area contributed by atoms with Crippen molar-refractivity contribution in [2.45, 2.75) is 108 Å². The number of rotatable bonds is 5. The zero-order valence-electron chi connectivity index (χ0n) is 23.1. The molecule has 39 heavy (non-hydrogen) atoms. The van der Waals surface area contributed by atoms with E-state index in [0.29, 0.717) is 18.8 Å². The molecule has 0 radical (unpaired) electrons. The van der Waals surface area contributed by atoms with E-state index in [1.54, 1.807) is 6.92 Å². The summed E-state index contributed by atoms with van der Waals surface area (Å²) in [5, 5.41) is 0. The quantitative estimate of drug-likeness (QED) is 0.380. The SMILES string of the molecule is C=C(C)C(=O)OC[C@]12O[C@@H]3COC4(O[C@H]3[C@@H]1OC1(CCC(CCC)C(=O)C1C)O2)C1CC2CC(C1)C(=O)C4C2. The third-order valence-corrected chi connectivity index (χ3v) is 10.8. The van der Waals surface area contributed by atoms with Crippen LogP contribution >= 0.6 is 0 Å². The van der Waals surface area contributed by atoms with Crippen LogP contribution in [0.25, 0.3) is 0 Å². The summed E-state index contributed by atoms with van der Waals surface area (Å²) in [7, 11) is 0. The molecule has 9 nitrogen and oxygen atoms in total. The number of hydrogen-bond donors (Lipinski definition) is 0. The molecule has 8 rings (SSSR count). The third-order valence-electron chi connectivity index (χ3n) is 10.8. The average molecular weight is 545 g/mol. The Morgan fingerprint density at radius 2 is 1.92 bits per heavy atom. The van der Waals surface area contributed by atoms with E-state index < -0.39 is 47.6 Å². The molecule has 9 heteroatoms. The highest BCUT2D eigenvalue weighted by Crippen LogP contribution is 2.62. The maximum absolute atomic E-state index is 13.4. The van der Waals surface area contributed by atoms with E-state index in [-0.39, 0.29) is 54.0 Å². The van der Waals surface area contributed by atoms with Crippen LogP contribution in [-0.2, 0) is 42.8 Å². The largest absolute Gasteiger partial charge is 0.456 e. The molecule has 12 atom stereocenters. The highest BCUT2D eigenvalue weighted by molar-refractivity contribution is 5.87. The van der Waals surface area contributed by atoms with Crippen molar-refractivity contribution < 1.29 is 42.8 Å². The van der Waals surface area contributed by atoms with Crippen molar-refractivity contribution in [1.29, 1.82) is 0 Å². The molecule has 8 aliphatic rings. The van der Waals surface area contributed by atoms with Gasteiger partial charge < -0.3 is 28.4 Å². The Bertz CT molecular complexity index is 1100. The summed E-state index contributed by atoms with van der Waals surface area (Å²) in [4.78, 5) is 39.1. The van der Waals surface area contributed by atoms with Gasteiger partial charge in [0.15, 0.2) is 11.6 Å². The molecular weight excluding hydrogens is 504 g/mol. The fourth-order valence-electron chi connectivity index (χ4n) is 8.97. The fraction of sp³-hybridized carbons (Fsp3) is 0.833. The summed E-state index contributed by atoms with van der Waals surface area (Å²) < 4.78 is 38.9. The van der Waals surface area contributed by atoms with Gasteiger partial charge in [-0.05, 0) is 51.4 Å². The van der Waals surface area contributed by atoms with Crippen LogP contribution in [0.3, 0.4) is 0 Å². The Labute approximate surface area is 229 Å². The Hall–Kier alpha value is -1.65. The van der Waals surface area contributed by atoms with Crippen molar-refractivity contribution in [2.24, 2.45) is 35.5 Å². The third kappa shape index (κ3) is 3.65. The number of esters is 1. The topological polar surface area (TPSA) is 107 Å². The summed E-state index contributed by atoms with van der Waals surface area (Å²) >= 11 is 0. The molecule has 8 fully saturated rings. The summed E-state index contributed by atoms with van der Waals surface area (Å²) in [6.07, 6.45) is 4.70. The number of carbonyl (C=O) groups is 3. The van der Waals surface area contributed by atoms with Crippen molar-refractivity contribution >= 4 is 17.5 Å². The minimum atomic E-state index is -1.45. The first-order valence-electron chi connectivity index (χ1n) is 14.9.